The zero-order valence-corrected chi connectivity index (χ0v) is 14.5. The van der Waals surface area contributed by atoms with E-state index in [1.165, 1.54) is 23.4 Å². The number of nitrogens with one attached hydrogen (secondary N) is 1. The van der Waals surface area contributed by atoms with Gasteiger partial charge in [0, 0.05) is 27.3 Å². The van der Waals surface area contributed by atoms with E-state index < -0.39 is 5.95 Å². The molecule has 3 rings (SSSR count). The average molecular weight is 364 g/mol. The summed E-state index contributed by atoms with van der Waals surface area (Å²) in [4.78, 5) is 25.8. The minimum Gasteiger partial charge on any atom is -0.382 e. The van der Waals surface area contributed by atoms with E-state index in [0.717, 1.165) is 0 Å². The van der Waals surface area contributed by atoms with Gasteiger partial charge in [-0.1, -0.05) is 11.6 Å². The molecule has 0 radical (unpaired) electrons. The summed E-state index contributed by atoms with van der Waals surface area (Å²) in [5, 5.41) is 3.01. The fourth-order valence-corrected chi connectivity index (χ4v) is 2.50. The number of nitrogen functional groups attached to an aromatic ring is 1. The largest absolute Gasteiger partial charge is 0.382 e. The van der Waals surface area contributed by atoms with E-state index in [-0.39, 0.29) is 28.0 Å². The number of nitrogens with two attached hydrogens (primary N) is 1. The fourth-order valence-electron chi connectivity index (χ4n) is 2.35. The van der Waals surface area contributed by atoms with Crippen molar-refractivity contribution in [1.82, 2.24) is 24.3 Å². The lowest BCUT2D eigenvalue weighted by atomic mass is 10.2. The molecular weight excluding hydrogens is 349 g/mol. The second-order valence-corrected chi connectivity index (χ2v) is 5.86. The summed E-state index contributed by atoms with van der Waals surface area (Å²) in [7, 11) is 4.89. The van der Waals surface area contributed by atoms with Gasteiger partial charge < -0.3 is 16.0 Å². The summed E-state index contributed by atoms with van der Waals surface area (Å²) in [6.45, 7) is 0. The molecule has 0 unspecified atom stereocenters. The number of carbonyl (C=O) groups is 1. The number of hydrogen-bond donors (Lipinski definition) is 2. The highest BCUT2D eigenvalue weighted by Gasteiger charge is 2.19. The van der Waals surface area contributed by atoms with Crippen LogP contribution in [0.25, 0.3) is 16.9 Å². The van der Waals surface area contributed by atoms with Gasteiger partial charge in [0.2, 0.25) is 5.95 Å². The summed E-state index contributed by atoms with van der Waals surface area (Å²) < 4.78 is 15.9. The molecule has 0 aliphatic rings. The molecular formula is C15H15ClFN7O. The predicted molar refractivity (Wildman–Crippen MR) is 93.2 cm³/mol. The number of anilines is 2. The van der Waals surface area contributed by atoms with E-state index in [9.17, 15) is 9.18 Å². The van der Waals surface area contributed by atoms with E-state index >= 15 is 0 Å². The molecule has 0 aliphatic carbocycles. The van der Waals surface area contributed by atoms with Gasteiger partial charge in [0.05, 0.1) is 22.5 Å². The van der Waals surface area contributed by atoms with Gasteiger partial charge in [0.15, 0.2) is 11.5 Å². The summed E-state index contributed by atoms with van der Waals surface area (Å²) >= 11 is 5.97. The van der Waals surface area contributed by atoms with Crippen LogP contribution in [0.4, 0.5) is 16.0 Å². The van der Waals surface area contributed by atoms with Crippen molar-refractivity contribution in [1.29, 1.82) is 0 Å². The van der Waals surface area contributed by atoms with Crippen LogP contribution in [0.15, 0.2) is 18.5 Å². The highest BCUT2D eigenvalue weighted by Crippen LogP contribution is 2.29. The highest BCUT2D eigenvalue weighted by molar-refractivity contribution is 6.33. The number of fused-ring (bicyclic) bond motifs is 1. The van der Waals surface area contributed by atoms with Gasteiger partial charge in [0.25, 0.3) is 5.91 Å². The van der Waals surface area contributed by atoms with Crippen LogP contribution in [0.3, 0.4) is 0 Å². The lowest BCUT2D eigenvalue weighted by Gasteiger charge is -2.12. The Labute approximate surface area is 147 Å². The topological polar surface area (TPSA) is 101 Å². The van der Waals surface area contributed by atoms with Crippen LogP contribution in [0.5, 0.6) is 0 Å². The molecule has 3 heterocycles. The maximum absolute atomic E-state index is 14.3. The quantitative estimate of drug-likeness (QED) is 0.689. The molecule has 1 amide bonds. The van der Waals surface area contributed by atoms with Crippen molar-refractivity contribution in [2.24, 2.45) is 0 Å². The minimum absolute atomic E-state index is 0.0993. The lowest BCUT2D eigenvalue weighted by molar-refractivity contribution is 0.0821. The van der Waals surface area contributed by atoms with Crippen LogP contribution in [0.2, 0.25) is 5.02 Å². The molecule has 0 atom stereocenters. The SMILES string of the molecule is CNc1nc(C(=O)N(C)C)cn2c(-c3cc(Cl)c(N)nc3F)cnc12. The van der Waals surface area contributed by atoms with Gasteiger partial charge in [-0.3, -0.25) is 9.20 Å². The molecule has 0 aromatic carbocycles. The third-order valence-electron chi connectivity index (χ3n) is 3.59. The first-order valence-electron chi connectivity index (χ1n) is 7.23. The first kappa shape index (κ1) is 16.9. The number of nitrogens with zero attached hydrogens (tertiary/aromatic N) is 5. The molecule has 3 aromatic rings. The van der Waals surface area contributed by atoms with Gasteiger partial charge in [-0.15, -0.1) is 0 Å². The zero-order chi connectivity index (χ0) is 18.3. The Balaban J connectivity index is 2.29. The number of pyridine rings is 1. The van der Waals surface area contributed by atoms with Crippen LogP contribution in [-0.2, 0) is 0 Å². The van der Waals surface area contributed by atoms with Crippen molar-refractivity contribution in [2.45, 2.75) is 0 Å². The lowest BCUT2D eigenvalue weighted by Crippen LogP contribution is -2.23. The van der Waals surface area contributed by atoms with E-state index in [4.69, 9.17) is 17.3 Å². The van der Waals surface area contributed by atoms with Crippen LogP contribution < -0.4 is 11.1 Å². The van der Waals surface area contributed by atoms with Gasteiger partial charge in [-0.25, -0.2) is 15.0 Å². The molecule has 25 heavy (non-hydrogen) atoms. The highest BCUT2D eigenvalue weighted by atomic mass is 35.5. The molecule has 0 bridgehead atoms. The van der Waals surface area contributed by atoms with Crippen LogP contribution in [0.1, 0.15) is 10.5 Å². The Morgan fingerprint density at radius 2 is 2.12 bits per heavy atom. The van der Waals surface area contributed by atoms with Crippen molar-refractivity contribution in [3.05, 3.63) is 35.1 Å². The molecule has 0 saturated carbocycles. The van der Waals surface area contributed by atoms with E-state index in [2.05, 4.69) is 20.3 Å². The molecule has 0 fully saturated rings. The standard InChI is InChI=1S/C15H15ClFN7O/c1-19-13-14-20-5-10(7-4-8(16)12(18)22-11(7)17)24(14)6-9(21-13)15(25)23(2)3/h4-6H,1-3H3,(H2,18,22)(H,19,21). The van der Waals surface area contributed by atoms with Crippen molar-refractivity contribution in [3.63, 3.8) is 0 Å². The van der Waals surface area contributed by atoms with E-state index in [1.807, 2.05) is 0 Å². The number of imidazole rings is 1. The Hall–Kier alpha value is -2.94. The second kappa shape index (κ2) is 6.17. The first-order chi connectivity index (χ1) is 11.8. The maximum Gasteiger partial charge on any atom is 0.273 e. The van der Waals surface area contributed by atoms with Crippen molar-refractivity contribution in [2.75, 3.05) is 32.2 Å². The summed E-state index contributed by atoms with van der Waals surface area (Å²) in [5.41, 5.74) is 6.61. The first-order valence-corrected chi connectivity index (χ1v) is 7.60. The number of hydrogen-bond acceptors (Lipinski definition) is 6. The third-order valence-corrected chi connectivity index (χ3v) is 3.89. The van der Waals surface area contributed by atoms with Gasteiger partial charge in [-0.05, 0) is 6.07 Å². The summed E-state index contributed by atoms with van der Waals surface area (Å²) in [6.07, 6.45) is 2.94. The maximum atomic E-state index is 14.3. The Morgan fingerprint density at radius 3 is 2.76 bits per heavy atom. The normalized spacial score (nSPS) is 10.9. The second-order valence-electron chi connectivity index (χ2n) is 5.46. The summed E-state index contributed by atoms with van der Waals surface area (Å²) in [6, 6.07) is 1.37. The Kier molecular flexibility index (Phi) is 4.17. The number of halogens is 2. The fraction of sp³-hybridized carbons (Fsp3) is 0.200. The number of aromatic nitrogens is 4. The zero-order valence-electron chi connectivity index (χ0n) is 13.7. The van der Waals surface area contributed by atoms with Gasteiger partial charge in [0.1, 0.15) is 11.5 Å². The third kappa shape index (κ3) is 2.82. The van der Waals surface area contributed by atoms with Crippen molar-refractivity contribution >= 4 is 34.8 Å². The smallest absolute Gasteiger partial charge is 0.273 e. The molecule has 10 heteroatoms. The van der Waals surface area contributed by atoms with Crippen molar-refractivity contribution < 1.29 is 9.18 Å². The van der Waals surface area contributed by atoms with E-state index in [0.29, 0.717) is 17.2 Å². The number of carbonyl (C=O) groups excluding carboxylic acids is 1. The van der Waals surface area contributed by atoms with Crippen LogP contribution >= 0.6 is 11.6 Å². The Morgan fingerprint density at radius 1 is 1.40 bits per heavy atom. The van der Waals surface area contributed by atoms with E-state index in [1.54, 1.807) is 25.5 Å². The Bertz CT molecular complexity index is 986. The number of amides is 1. The van der Waals surface area contributed by atoms with Crippen LogP contribution in [-0.4, -0.2) is 51.3 Å². The monoisotopic (exact) mass is 363 g/mol. The number of rotatable bonds is 3. The predicted octanol–water partition coefficient (Wildman–Crippen LogP) is 1.91. The minimum atomic E-state index is -0.785. The molecule has 8 nitrogen and oxygen atoms in total. The van der Waals surface area contributed by atoms with Crippen LogP contribution in [0, 0.1) is 5.95 Å². The summed E-state index contributed by atoms with van der Waals surface area (Å²) in [5.74, 6) is -0.800. The molecule has 3 aromatic heterocycles. The van der Waals surface area contributed by atoms with Crippen molar-refractivity contribution in [3.8, 4) is 11.3 Å². The molecule has 130 valence electrons. The average Bonchev–Trinajstić information content (AvgIpc) is 3.00. The molecule has 0 spiro atoms. The molecule has 3 N–H and O–H groups in total. The molecule has 0 saturated heterocycles. The molecule has 0 aliphatic heterocycles. The van der Waals surface area contributed by atoms with Gasteiger partial charge >= 0.3 is 0 Å². The van der Waals surface area contributed by atoms with Gasteiger partial charge in [-0.2, -0.15) is 4.39 Å².